The molecule has 0 fully saturated rings. The van der Waals surface area contributed by atoms with E-state index in [1.807, 2.05) is 49.4 Å². The van der Waals surface area contributed by atoms with Crippen molar-refractivity contribution in [1.29, 1.82) is 0 Å². The average molecular weight is 347 g/mol. The van der Waals surface area contributed by atoms with E-state index in [1.165, 1.54) is 0 Å². The maximum atomic E-state index is 12.7. The number of carbonyl (C=O) groups is 1. The van der Waals surface area contributed by atoms with Gasteiger partial charge in [-0.2, -0.15) is 0 Å². The van der Waals surface area contributed by atoms with E-state index in [0.29, 0.717) is 18.1 Å². The Hall–Kier alpha value is -3.21. The number of ether oxygens (including phenoxy) is 1. The van der Waals surface area contributed by atoms with Gasteiger partial charge >= 0.3 is 0 Å². The predicted octanol–water partition coefficient (Wildman–Crippen LogP) is 3.89. The van der Waals surface area contributed by atoms with Crippen molar-refractivity contribution in [1.82, 2.24) is 14.9 Å². The Labute approximate surface area is 153 Å². The molecule has 5 heteroatoms. The van der Waals surface area contributed by atoms with Gasteiger partial charge in [0.15, 0.2) is 0 Å². The summed E-state index contributed by atoms with van der Waals surface area (Å²) in [5.74, 6) is 0.400. The maximum absolute atomic E-state index is 12.7. The maximum Gasteiger partial charge on any atom is 0.255 e. The molecule has 26 heavy (non-hydrogen) atoms. The second-order valence-electron chi connectivity index (χ2n) is 6.04. The molecule has 2 heterocycles. The van der Waals surface area contributed by atoms with Crippen molar-refractivity contribution in [3.05, 3.63) is 89.9 Å². The Bertz CT molecular complexity index is 836. The molecule has 0 saturated carbocycles. The predicted molar refractivity (Wildman–Crippen MR) is 99.8 cm³/mol. The molecule has 0 spiro atoms. The van der Waals surface area contributed by atoms with Gasteiger partial charge in [-0.1, -0.05) is 36.4 Å². The normalized spacial score (nSPS) is 11.6. The number of hydrogen-bond donors (Lipinski definition) is 0. The summed E-state index contributed by atoms with van der Waals surface area (Å²) in [4.78, 5) is 22.7. The molecule has 0 radical (unpaired) electrons. The Kier molecular flexibility index (Phi) is 5.59. The highest BCUT2D eigenvalue weighted by Gasteiger charge is 2.19. The van der Waals surface area contributed by atoms with E-state index < -0.39 is 0 Å². The molecule has 3 rings (SSSR count). The molecule has 2 aromatic heterocycles. The van der Waals surface area contributed by atoms with Gasteiger partial charge in [0.2, 0.25) is 5.88 Å². The molecule has 1 amide bonds. The number of carbonyl (C=O) groups excluding carboxylic acids is 1. The minimum absolute atomic E-state index is 0.0785. The van der Waals surface area contributed by atoms with Crippen LogP contribution in [-0.4, -0.2) is 27.8 Å². The molecule has 1 aromatic carbocycles. The average Bonchev–Trinajstić information content (AvgIpc) is 2.72. The van der Waals surface area contributed by atoms with Crippen LogP contribution in [0.3, 0.4) is 0 Å². The summed E-state index contributed by atoms with van der Waals surface area (Å²) in [6.45, 7) is 2.42. The van der Waals surface area contributed by atoms with E-state index in [4.69, 9.17) is 4.74 Å². The van der Waals surface area contributed by atoms with Crippen LogP contribution in [0.25, 0.3) is 0 Å². The SMILES string of the molecule is C[C@@H](c1cccnc1)N(C)C(=O)c1ccc(OCc2ccccc2)nc1. The van der Waals surface area contributed by atoms with Gasteiger partial charge in [0.25, 0.3) is 5.91 Å². The lowest BCUT2D eigenvalue weighted by molar-refractivity contribution is 0.0742. The standard InChI is InChI=1S/C21H21N3O2/c1-16(18-9-6-12-22-13-18)24(2)21(25)19-10-11-20(23-14-19)26-15-17-7-4-3-5-8-17/h3-14,16H,15H2,1-2H3/t16-/m0/s1. The minimum Gasteiger partial charge on any atom is -0.473 e. The van der Waals surface area contributed by atoms with Crippen LogP contribution in [-0.2, 0) is 6.61 Å². The van der Waals surface area contributed by atoms with Crippen LogP contribution >= 0.6 is 0 Å². The summed E-state index contributed by atoms with van der Waals surface area (Å²) in [6.07, 6.45) is 5.04. The van der Waals surface area contributed by atoms with E-state index >= 15 is 0 Å². The van der Waals surface area contributed by atoms with E-state index in [9.17, 15) is 4.79 Å². The molecule has 0 aliphatic heterocycles. The first-order valence-electron chi connectivity index (χ1n) is 8.45. The fourth-order valence-corrected chi connectivity index (χ4v) is 2.55. The zero-order valence-corrected chi connectivity index (χ0v) is 14.9. The molecule has 3 aromatic rings. The summed E-state index contributed by atoms with van der Waals surface area (Å²) < 4.78 is 5.66. The summed E-state index contributed by atoms with van der Waals surface area (Å²) in [5, 5.41) is 0. The molecule has 0 aliphatic carbocycles. The molecule has 5 nitrogen and oxygen atoms in total. The molecule has 0 unspecified atom stereocenters. The lowest BCUT2D eigenvalue weighted by atomic mass is 10.1. The molecule has 1 atom stereocenters. The van der Waals surface area contributed by atoms with Gasteiger partial charge in [-0.05, 0) is 30.2 Å². The fraction of sp³-hybridized carbons (Fsp3) is 0.190. The van der Waals surface area contributed by atoms with Crippen molar-refractivity contribution in [2.75, 3.05) is 7.05 Å². The van der Waals surface area contributed by atoms with Crippen molar-refractivity contribution in [2.45, 2.75) is 19.6 Å². The second-order valence-corrected chi connectivity index (χ2v) is 6.04. The molecular formula is C21H21N3O2. The highest BCUT2D eigenvalue weighted by atomic mass is 16.5. The number of benzene rings is 1. The van der Waals surface area contributed by atoms with Gasteiger partial charge in [0, 0.05) is 31.7 Å². The molecule has 0 saturated heterocycles. The Balaban J connectivity index is 1.63. The van der Waals surface area contributed by atoms with E-state index in [-0.39, 0.29) is 11.9 Å². The fourth-order valence-electron chi connectivity index (χ4n) is 2.55. The Morgan fingerprint density at radius 3 is 2.54 bits per heavy atom. The molecule has 0 aliphatic rings. The minimum atomic E-state index is -0.0940. The van der Waals surface area contributed by atoms with Crippen LogP contribution in [0.1, 0.15) is 34.5 Å². The summed E-state index contributed by atoms with van der Waals surface area (Å²) in [6, 6.07) is 17.1. The van der Waals surface area contributed by atoms with Crippen molar-refractivity contribution < 1.29 is 9.53 Å². The topological polar surface area (TPSA) is 55.3 Å². The monoisotopic (exact) mass is 347 g/mol. The van der Waals surface area contributed by atoms with Gasteiger partial charge in [-0.3, -0.25) is 9.78 Å². The van der Waals surface area contributed by atoms with Crippen LogP contribution in [0.4, 0.5) is 0 Å². The van der Waals surface area contributed by atoms with Crippen molar-refractivity contribution in [2.24, 2.45) is 0 Å². The molecular weight excluding hydrogens is 326 g/mol. The number of rotatable bonds is 6. The van der Waals surface area contributed by atoms with Gasteiger partial charge in [-0.25, -0.2) is 4.98 Å². The molecule has 0 bridgehead atoms. The number of nitrogens with zero attached hydrogens (tertiary/aromatic N) is 3. The molecule has 132 valence electrons. The third-order valence-corrected chi connectivity index (χ3v) is 4.28. The highest BCUT2D eigenvalue weighted by molar-refractivity contribution is 5.94. The summed E-state index contributed by atoms with van der Waals surface area (Å²) >= 11 is 0. The smallest absolute Gasteiger partial charge is 0.255 e. The Morgan fingerprint density at radius 2 is 1.88 bits per heavy atom. The highest BCUT2D eigenvalue weighted by Crippen LogP contribution is 2.20. The van der Waals surface area contributed by atoms with Gasteiger partial charge < -0.3 is 9.64 Å². The largest absolute Gasteiger partial charge is 0.473 e. The first kappa shape index (κ1) is 17.6. The van der Waals surface area contributed by atoms with E-state index in [1.54, 1.807) is 42.7 Å². The molecule has 0 N–H and O–H groups in total. The van der Waals surface area contributed by atoms with Crippen LogP contribution < -0.4 is 4.74 Å². The van der Waals surface area contributed by atoms with Crippen molar-refractivity contribution in [3.63, 3.8) is 0 Å². The zero-order valence-electron chi connectivity index (χ0n) is 14.9. The van der Waals surface area contributed by atoms with Gasteiger partial charge in [-0.15, -0.1) is 0 Å². The van der Waals surface area contributed by atoms with Crippen LogP contribution in [0.2, 0.25) is 0 Å². The quantitative estimate of drug-likeness (QED) is 0.679. The van der Waals surface area contributed by atoms with Crippen molar-refractivity contribution in [3.8, 4) is 5.88 Å². The number of aromatic nitrogens is 2. The first-order valence-corrected chi connectivity index (χ1v) is 8.45. The second kappa shape index (κ2) is 8.25. The first-order chi connectivity index (χ1) is 12.6. The lowest BCUT2D eigenvalue weighted by Crippen LogP contribution is -2.29. The number of amides is 1. The van der Waals surface area contributed by atoms with E-state index in [0.717, 1.165) is 11.1 Å². The number of pyridine rings is 2. The lowest BCUT2D eigenvalue weighted by Gasteiger charge is -2.25. The van der Waals surface area contributed by atoms with E-state index in [2.05, 4.69) is 9.97 Å². The third kappa shape index (κ3) is 4.25. The van der Waals surface area contributed by atoms with Crippen LogP contribution in [0.5, 0.6) is 5.88 Å². The summed E-state index contributed by atoms with van der Waals surface area (Å²) in [5.41, 5.74) is 2.58. The Morgan fingerprint density at radius 1 is 1.08 bits per heavy atom. The van der Waals surface area contributed by atoms with Crippen molar-refractivity contribution >= 4 is 5.91 Å². The van der Waals surface area contributed by atoms with Crippen LogP contribution in [0, 0.1) is 0 Å². The number of hydrogen-bond acceptors (Lipinski definition) is 4. The van der Waals surface area contributed by atoms with Gasteiger partial charge in [0.1, 0.15) is 6.61 Å². The van der Waals surface area contributed by atoms with Gasteiger partial charge in [0.05, 0.1) is 11.6 Å². The summed E-state index contributed by atoms with van der Waals surface area (Å²) in [7, 11) is 1.78. The van der Waals surface area contributed by atoms with Crippen LogP contribution in [0.15, 0.2) is 73.2 Å². The third-order valence-electron chi connectivity index (χ3n) is 4.28. The zero-order chi connectivity index (χ0) is 18.4.